The van der Waals surface area contributed by atoms with E-state index in [9.17, 15) is 13.2 Å². The summed E-state index contributed by atoms with van der Waals surface area (Å²) in [4.78, 5) is 12.8. The predicted molar refractivity (Wildman–Crippen MR) is 126 cm³/mol. The first kappa shape index (κ1) is 23.3. The second-order valence-corrected chi connectivity index (χ2v) is 10.4. The standard InChI is InChI=1S/C24H25N3O7S/c1-15-13-27(14-16(2)33-15)35(29,30)19-6-4-18(5-7-19)25-24(28)20-12-22(34-26-20)17-3-8-21-23(11-17)32-10-9-31-21/h3-8,11-12,15-16H,9-10,13-14H2,1-2H3,(H,25,28)/t15-,16-/m0/s1. The Morgan fingerprint density at radius 2 is 1.66 bits per heavy atom. The van der Waals surface area contributed by atoms with Crippen LogP contribution in [0.5, 0.6) is 11.5 Å². The van der Waals surface area contributed by atoms with E-state index in [0.717, 1.165) is 0 Å². The van der Waals surface area contributed by atoms with Crippen molar-refractivity contribution < 1.29 is 31.9 Å². The van der Waals surface area contributed by atoms with Gasteiger partial charge in [0.2, 0.25) is 10.0 Å². The molecule has 1 fully saturated rings. The van der Waals surface area contributed by atoms with Crippen LogP contribution in [0.3, 0.4) is 0 Å². The molecule has 5 rings (SSSR count). The fraction of sp³-hybridized carbons (Fsp3) is 0.333. The SMILES string of the molecule is C[C@H]1CN(S(=O)(=O)c2ccc(NC(=O)c3cc(-c4ccc5c(c4)OCCO5)on3)cc2)C[C@H](C)O1. The van der Waals surface area contributed by atoms with Gasteiger partial charge >= 0.3 is 0 Å². The minimum atomic E-state index is -3.67. The molecule has 2 aromatic carbocycles. The maximum absolute atomic E-state index is 13.0. The summed E-state index contributed by atoms with van der Waals surface area (Å²) in [5.74, 6) is 1.18. The number of nitrogens with one attached hydrogen (secondary N) is 1. The highest BCUT2D eigenvalue weighted by Crippen LogP contribution is 2.34. The molecular formula is C24H25N3O7S. The summed E-state index contributed by atoms with van der Waals surface area (Å²) in [5.41, 5.74) is 1.21. The van der Waals surface area contributed by atoms with Gasteiger partial charge < -0.3 is 24.1 Å². The topological polar surface area (TPSA) is 120 Å². The van der Waals surface area contributed by atoms with Gasteiger partial charge in [0, 0.05) is 30.4 Å². The smallest absolute Gasteiger partial charge is 0.277 e. The molecule has 0 spiro atoms. The quantitative estimate of drug-likeness (QED) is 0.568. The Labute approximate surface area is 202 Å². The minimum Gasteiger partial charge on any atom is -0.486 e. The summed E-state index contributed by atoms with van der Waals surface area (Å²) in [5, 5.41) is 6.57. The highest BCUT2D eigenvalue weighted by molar-refractivity contribution is 7.89. The van der Waals surface area contributed by atoms with E-state index in [2.05, 4.69) is 10.5 Å². The number of carbonyl (C=O) groups is 1. The number of benzene rings is 2. The molecule has 3 heterocycles. The molecule has 10 nitrogen and oxygen atoms in total. The lowest BCUT2D eigenvalue weighted by molar-refractivity contribution is -0.0440. The van der Waals surface area contributed by atoms with Crippen LogP contribution in [0.2, 0.25) is 0 Å². The van der Waals surface area contributed by atoms with E-state index in [4.69, 9.17) is 18.7 Å². The van der Waals surface area contributed by atoms with Gasteiger partial charge in [-0.1, -0.05) is 5.16 Å². The van der Waals surface area contributed by atoms with E-state index in [1.165, 1.54) is 22.5 Å². The number of amides is 1. The number of fused-ring (bicyclic) bond motifs is 1. The van der Waals surface area contributed by atoms with Crippen molar-refractivity contribution >= 4 is 21.6 Å². The van der Waals surface area contributed by atoms with Crippen molar-refractivity contribution in [3.05, 3.63) is 54.2 Å². The van der Waals surface area contributed by atoms with Gasteiger partial charge in [0.1, 0.15) is 13.2 Å². The molecule has 1 aromatic heterocycles. The van der Waals surface area contributed by atoms with E-state index < -0.39 is 15.9 Å². The largest absolute Gasteiger partial charge is 0.486 e. The lowest BCUT2D eigenvalue weighted by Crippen LogP contribution is -2.48. The van der Waals surface area contributed by atoms with E-state index >= 15 is 0 Å². The zero-order valence-electron chi connectivity index (χ0n) is 19.3. The third-order valence-electron chi connectivity index (χ3n) is 5.71. The number of morpholine rings is 1. The van der Waals surface area contributed by atoms with Crippen LogP contribution in [0.25, 0.3) is 11.3 Å². The van der Waals surface area contributed by atoms with Crippen molar-refractivity contribution in [2.75, 3.05) is 31.6 Å². The molecule has 2 aliphatic rings. The molecule has 11 heteroatoms. The molecule has 0 aliphatic carbocycles. The molecule has 1 saturated heterocycles. The number of nitrogens with zero attached hydrogens (tertiary/aromatic N) is 2. The predicted octanol–water partition coefficient (Wildman–Crippen LogP) is 3.16. The van der Waals surface area contributed by atoms with Crippen LogP contribution in [0, 0.1) is 0 Å². The molecular weight excluding hydrogens is 474 g/mol. The molecule has 3 aromatic rings. The van der Waals surface area contributed by atoms with Crippen molar-refractivity contribution in [2.45, 2.75) is 31.0 Å². The Balaban J connectivity index is 1.27. The first-order valence-electron chi connectivity index (χ1n) is 11.2. The van der Waals surface area contributed by atoms with Gasteiger partial charge in [-0.3, -0.25) is 4.79 Å². The second kappa shape index (κ2) is 9.33. The van der Waals surface area contributed by atoms with Gasteiger partial charge in [0.15, 0.2) is 23.0 Å². The summed E-state index contributed by atoms with van der Waals surface area (Å²) in [6.07, 6.45) is -0.358. The van der Waals surface area contributed by atoms with Gasteiger partial charge in [-0.05, 0) is 56.3 Å². The molecule has 2 aliphatic heterocycles. The molecule has 0 unspecified atom stereocenters. The van der Waals surface area contributed by atoms with Crippen LogP contribution in [-0.4, -0.2) is 62.3 Å². The zero-order valence-corrected chi connectivity index (χ0v) is 20.1. The maximum Gasteiger partial charge on any atom is 0.277 e. The van der Waals surface area contributed by atoms with Crippen molar-refractivity contribution in [2.24, 2.45) is 0 Å². The molecule has 1 amide bonds. The zero-order chi connectivity index (χ0) is 24.6. The summed E-state index contributed by atoms with van der Waals surface area (Å²) in [7, 11) is -3.67. The number of hydrogen-bond donors (Lipinski definition) is 1. The van der Waals surface area contributed by atoms with Crippen LogP contribution in [-0.2, 0) is 14.8 Å². The van der Waals surface area contributed by atoms with Crippen LogP contribution < -0.4 is 14.8 Å². The number of anilines is 1. The lowest BCUT2D eigenvalue weighted by atomic mass is 10.1. The van der Waals surface area contributed by atoms with Crippen LogP contribution in [0.1, 0.15) is 24.3 Å². The van der Waals surface area contributed by atoms with Gasteiger partial charge in [-0.2, -0.15) is 4.31 Å². The van der Waals surface area contributed by atoms with Gasteiger partial charge in [0.25, 0.3) is 5.91 Å². The van der Waals surface area contributed by atoms with E-state index in [1.54, 1.807) is 30.3 Å². The molecule has 1 N–H and O–H groups in total. The third-order valence-corrected chi connectivity index (χ3v) is 7.55. The normalized spacial score (nSPS) is 20.4. The van der Waals surface area contributed by atoms with Crippen molar-refractivity contribution in [3.8, 4) is 22.8 Å². The molecule has 35 heavy (non-hydrogen) atoms. The number of aromatic nitrogens is 1. The van der Waals surface area contributed by atoms with Crippen molar-refractivity contribution in [1.82, 2.24) is 9.46 Å². The molecule has 0 bridgehead atoms. The molecule has 0 radical (unpaired) electrons. The van der Waals surface area contributed by atoms with Gasteiger partial charge in [0.05, 0.1) is 17.1 Å². The van der Waals surface area contributed by atoms with E-state index in [1.807, 2.05) is 13.8 Å². The maximum atomic E-state index is 13.0. The Morgan fingerprint density at radius 1 is 0.971 bits per heavy atom. The monoisotopic (exact) mass is 499 g/mol. The molecule has 0 saturated carbocycles. The summed E-state index contributed by atoms with van der Waals surface area (Å²) in [6.45, 7) is 5.24. The molecule has 2 atom stereocenters. The van der Waals surface area contributed by atoms with Crippen molar-refractivity contribution in [1.29, 1.82) is 0 Å². The highest BCUT2D eigenvalue weighted by Gasteiger charge is 2.32. The van der Waals surface area contributed by atoms with Gasteiger partial charge in [-0.15, -0.1) is 0 Å². The summed E-state index contributed by atoms with van der Waals surface area (Å²) >= 11 is 0. The molecule has 184 valence electrons. The fourth-order valence-electron chi connectivity index (χ4n) is 4.10. The van der Waals surface area contributed by atoms with Crippen LogP contribution >= 0.6 is 0 Å². The third kappa shape index (κ3) is 4.88. The number of hydrogen-bond acceptors (Lipinski definition) is 8. The van der Waals surface area contributed by atoms with E-state index in [-0.39, 0.29) is 22.8 Å². The lowest BCUT2D eigenvalue weighted by Gasteiger charge is -2.34. The average Bonchev–Trinajstić information content (AvgIpc) is 3.34. The first-order valence-corrected chi connectivity index (χ1v) is 12.7. The van der Waals surface area contributed by atoms with E-state index in [0.29, 0.717) is 54.8 Å². The number of carbonyl (C=O) groups excluding carboxylic acids is 1. The summed E-state index contributed by atoms with van der Waals surface area (Å²) < 4.78 is 49.5. The minimum absolute atomic E-state index is 0.0860. The Bertz CT molecular complexity index is 1330. The van der Waals surface area contributed by atoms with Crippen LogP contribution in [0.15, 0.2) is 57.9 Å². The van der Waals surface area contributed by atoms with Crippen molar-refractivity contribution in [3.63, 3.8) is 0 Å². The average molecular weight is 500 g/mol. The first-order chi connectivity index (χ1) is 16.8. The number of rotatable bonds is 5. The summed E-state index contributed by atoms with van der Waals surface area (Å²) in [6, 6.07) is 12.9. The Morgan fingerprint density at radius 3 is 2.37 bits per heavy atom. The highest BCUT2D eigenvalue weighted by atomic mass is 32.2. The van der Waals surface area contributed by atoms with Gasteiger partial charge in [-0.25, -0.2) is 8.42 Å². The Kier molecular flexibility index (Phi) is 6.22. The second-order valence-electron chi connectivity index (χ2n) is 8.49. The van der Waals surface area contributed by atoms with Crippen LogP contribution in [0.4, 0.5) is 5.69 Å². The number of ether oxygens (including phenoxy) is 3. The Hall–Kier alpha value is -3.41. The fourth-order valence-corrected chi connectivity index (χ4v) is 5.69. The number of sulfonamides is 1.